The molecule has 2 aliphatic rings. The summed E-state index contributed by atoms with van der Waals surface area (Å²) in [6.45, 7) is 0.174. The third kappa shape index (κ3) is 3.23. The lowest BCUT2D eigenvalue weighted by molar-refractivity contribution is -0.0123. The third-order valence-corrected chi connectivity index (χ3v) is 4.09. The average molecular weight is 310 g/mol. The van der Waals surface area contributed by atoms with E-state index in [1.165, 1.54) is 6.08 Å². The van der Waals surface area contributed by atoms with Gasteiger partial charge in [0.2, 0.25) is 0 Å². The first kappa shape index (κ1) is 15.2. The van der Waals surface area contributed by atoms with E-state index in [-0.39, 0.29) is 12.7 Å². The second-order valence-corrected chi connectivity index (χ2v) is 5.72. The molecule has 2 atom stereocenters. The van der Waals surface area contributed by atoms with Crippen LogP contribution in [0.1, 0.15) is 19.3 Å². The highest BCUT2D eigenvalue weighted by molar-refractivity contribution is 5.71. The number of alkyl halides is 2. The molecule has 1 aliphatic heterocycles. The van der Waals surface area contributed by atoms with Crippen molar-refractivity contribution in [3.05, 3.63) is 36.4 Å². The zero-order chi connectivity index (χ0) is 15.6. The van der Waals surface area contributed by atoms with Gasteiger partial charge in [-0.2, -0.15) is 8.78 Å². The van der Waals surface area contributed by atoms with Crippen molar-refractivity contribution >= 4 is 11.4 Å². The number of hydrogen-bond acceptors (Lipinski definition) is 4. The number of halogens is 2. The molecule has 0 bridgehead atoms. The molecular formula is C16H20F2N2O2. The molecule has 1 aromatic rings. The lowest BCUT2D eigenvalue weighted by atomic mass is 9.96. The van der Waals surface area contributed by atoms with E-state index in [1.807, 2.05) is 0 Å². The Balaban J connectivity index is 1.62. The SMILES string of the molecule is OC1Nc2ccccc2NC1C(F)(F)/C=C/COC1CCC1. The van der Waals surface area contributed by atoms with E-state index in [1.54, 1.807) is 24.3 Å². The number of hydrogen-bond donors (Lipinski definition) is 3. The number of ether oxygens (including phenoxy) is 1. The van der Waals surface area contributed by atoms with Crippen molar-refractivity contribution in [2.75, 3.05) is 17.2 Å². The van der Waals surface area contributed by atoms with E-state index >= 15 is 0 Å². The van der Waals surface area contributed by atoms with Gasteiger partial charge >= 0.3 is 0 Å². The maximum Gasteiger partial charge on any atom is 0.290 e. The standard InChI is InChI=1S/C16H20F2N2O2/c17-16(18,9-4-10-22-11-5-3-6-11)14-15(21)20-13-8-2-1-7-12(13)19-14/h1-2,4,7-9,11,14-15,19-21H,3,5-6,10H2/b9-4+. The fourth-order valence-electron chi connectivity index (χ4n) is 2.57. The number of aliphatic hydroxyl groups excluding tert-OH is 1. The summed E-state index contributed by atoms with van der Waals surface area (Å²) in [5, 5.41) is 15.3. The molecule has 1 aliphatic carbocycles. The van der Waals surface area contributed by atoms with Crippen molar-refractivity contribution in [2.24, 2.45) is 0 Å². The van der Waals surface area contributed by atoms with Crippen LogP contribution < -0.4 is 10.6 Å². The molecule has 6 heteroatoms. The van der Waals surface area contributed by atoms with Crippen molar-refractivity contribution in [3.63, 3.8) is 0 Å². The highest BCUT2D eigenvalue weighted by Gasteiger charge is 2.44. The normalized spacial score (nSPS) is 25.2. The summed E-state index contributed by atoms with van der Waals surface area (Å²) in [7, 11) is 0. The summed E-state index contributed by atoms with van der Waals surface area (Å²) in [4.78, 5) is 0. The minimum atomic E-state index is -3.19. The molecule has 0 amide bonds. The minimum Gasteiger partial charge on any atom is -0.374 e. The van der Waals surface area contributed by atoms with Gasteiger partial charge in [0.25, 0.3) is 5.92 Å². The summed E-state index contributed by atoms with van der Waals surface area (Å²) >= 11 is 0. The van der Waals surface area contributed by atoms with Crippen LogP contribution in [-0.4, -0.2) is 36.0 Å². The minimum absolute atomic E-state index is 0.174. The van der Waals surface area contributed by atoms with Crippen molar-refractivity contribution < 1.29 is 18.6 Å². The lowest BCUT2D eigenvalue weighted by Crippen LogP contribution is -2.53. The Labute approximate surface area is 128 Å². The van der Waals surface area contributed by atoms with Crippen molar-refractivity contribution in [1.29, 1.82) is 0 Å². The number of fused-ring (bicyclic) bond motifs is 1. The quantitative estimate of drug-likeness (QED) is 0.732. The molecule has 0 saturated heterocycles. The topological polar surface area (TPSA) is 53.5 Å². The maximum atomic E-state index is 14.3. The molecule has 4 nitrogen and oxygen atoms in total. The van der Waals surface area contributed by atoms with Crippen LogP contribution in [0.4, 0.5) is 20.2 Å². The number of aliphatic hydroxyl groups is 1. The van der Waals surface area contributed by atoms with Gasteiger partial charge in [-0.1, -0.05) is 18.2 Å². The number of nitrogens with one attached hydrogen (secondary N) is 2. The second kappa shape index (κ2) is 6.22. The largest absolute Gasteiger partial charge is 0.374 e. The monoisotopic (exact) mass is 310 g/mol. The molecule has 0 spiro atoms. The molecular weight excluding hydrogens is 290 g/mol. The molecule has 1 fully saturated rings. The Morgan fingerprint density at radius 2 is 1.91 bits per heavy atom. The highest BCUT2D eigenvalue weighted by Crippen LogP contribution is 2.34. The Bertz CT molecular complexity index is 547. The summed E-state index contributed by atoms with van der Waals surface area (Å²) < 4.78 is 34.0. The molecule has 0 radical (unpaired) electrons. The fraction of sp³-hybridized carbons (Fsp3) is 0.500. The molecule has 1 heterocycles. The van der Waals surface area contributed by atoms with Gasteiger partial charge < -0.3 is 20.5 Å². The lowest BCUT2D eigenvalue weighted by Gasteiger charge is -2.36. The first-order chi connectivity index (χ1) is 10.6. The molecule has 3 N–H and O–H groups in total. The maximum absolute atomic E-state index is 14.3. The van der Waals surface area contributed by atoms with Crippen molar-refractivity contribution in [1.82, 2.24) is 0 Å². The molecule has 3 rings (SSSR count). The van der Waals surface area contributed by atoms with E-state index in [9.17, 15) is 13.9 Å². The van der Waals surface area contributed by atoms with Gasteiger partial charge in [-0.05, 0) is 37.5 Å². The molecule has 0 aromatic heterocycles. The van der Waals surface area contributed by atoms with Gasteiger partial charge in [0.15, 0.2) is 6.23 Å². The molecule has 1 aromatic carbocycles. The number of benzene rings is 1. The molecule has 2 unspecified atom stereocenters. The summed E-state index contributed by atoms with van der Waals surface area (Å²) in [5.74, 6) is -3.19. The van der Waals surface area contributed by atoms with Gasteiger partial charge in [0.05, 0.1) is 24.1 Å². The van der Waals surface area contributed by atoms with Gasteiger partial charge in [-0.15, -0.1) is 0 Å². The zero-order valence-corrected chi connectivity index (χ0v) is 12.1. The predicted molar refractivity (Wildman–Crippen MR) is 81.2 cm³/mol. The van der Waals surface area contributed by atoms with Gasteiger partial charge in [0.1, 0.15) is 6.04 Å². The average Bonchev–Trinajstić information content (AvgIpc) is 2.44. The smallest absolute Gasteiger partial charge is 0.290 e. The predicted octanol–water partition coefficient (Wildman–Crippen LogP) is 2.97. The number of para-hydroxylation sites is 2. The van der Waals surface area contributed by atoms with Crippen LogP contribution in [0.2, 0.25) is 0 Å². The van der Waals surface area contributed by atoms with Gasteiger partial charge in [-0.3, -0.25) is 0 Å². The summed E-state index contributed by atoms with van der Waals surface area (Å²) in [5.41, 5.74) is 1.16. The third-order valence-electron chi connectivity index (χ3n) is 4.09. The summed E-state index contributed by atoms with van der Waals surface area (Å²) in [6.07, 6.45) is 4.14. The van der Waals surface area contributed by atoms with Crippen LogP contribution in [0.5, 0.6) is 0 Å². The van der Waals surface area contributed by atoms with Crippen LogP contribution in [0.25, 0.3) is 0 Å². The Morgan fingerprint density at radius 1 is 1.23 bits per heavy atom. The van der Waals surface area contributed by atoms with Gasteiger partial charge in [0, 0.05) is 0 Å². The Kier molecular flexibility index (Phi) is 4.31. The van der Waals surface area contributed by atoms with E-state index in [4.69, 9.17) is 4.74 Å². The first-order valence-corrected chi connectivity index (χ1v) is 7.53. The summed E-state index contributed by atoms with van der Waals surface area (Å²) in [6, 6.07) is 5.52. The van der Waals surface area contributed by atoms with Crippen LogP contribution in [0.3, 0.4) is 0 Å². The van der Waals surface area contributed by atoms with E-state index in [0.29, 0.717) is 11.4 Å². The molecule has 1 saturated carbocycles. The van der Waals surface area contributed by atoms with E-state index < -0.39 is 18.2 Å². The van der Waals surface area contributed by atoms with E-state index in [2.05, 4.69) is 10.6 Å². The fourth-order valence-corrected chi connectivity index (χ4v) is 2.57. The van der Waals surface area contributed by atoms with Crippen molar-refractivity contribution in [2.45, 2.75) is 43.6 Å². The van der Waals surface area contributed by atoms with Crippen molar-refractivity contribution in [3.8, 4) is 0 Å². The molecule has 120 valence electrons. The number of rotatable bonds is 5. The Morgan fingerprint density at radius 3 is 2.55 bits per heavy atom. The first-order valence-electron chi connectivity index (χ1n) is 7.53. The molecule has 22 heavy (non-hydrogen) atoms. The van der Waals surface area contributed by atoms with Crippen LogP contribution >= 0.6 is 0 Å². The van der Waals surface area contributed by atoms with E-state index in [0.717, 1.165) is 25.3 Å². The second-order valence-electron chi connectivity index (χ2n) is 5.72. The number of anilines is 2. The van der Waals surface area contributed by atoms with Gasteiger partial charge in [-0.25, -0.2) is 0 Å². The zero-order valence-electron chi connectivity index (χ0n) is 12.1. The Hall–Kier alpha value is -1.66. The highest BCUT2D eigenvalue weighted by atomic mass is 19.3. The van der Waals surface area contributed by atoms with Crippen LogP contribution in [-0.2, 0) is 4.74 Å². The van der Waals surface area contributed by atoms with Crippen LogP contribution in [0, 0.1) is 0 Å². The van der Waals surface area contributed by atoms with Crippen LogP contribution in [0.15, 0.2) is 36.4 Å².